The SMILES string of the molecule is Cc1ccc(S(=O)(=O)N2C[C@@H](C)O[C@H]3CCC[C@H]32)cc1. The van der Waals surface area contributed by atoms with Gasteiger partial charge in [-0.15, -0.1) is 0 Å². The summed E-state index contributed by atoms with van der Waals surface area (Å²) >= 11 is 0. The molecule has 4 nitrogen and oxygen atoms in total. The maximum Gasteiger partial charge on any atom is 0.243 e. The van der Waals surface area contributed by atoms with E-state index in [1.807, 2.05) is 26.0 Å². The van der Waals surface area contributed by atoms with Crippen molar-refractivity contribution in [2.75, 3.05) is 6.54 Å². The molecule has 1 heterocycles. The summed E-state index contributed by atoms with van der Waals surface area (Å²) in [4.78, 5) is 0.392. The molecular formula is C15H21NO3S. The van der Waals surface area contributed by atoms with Gasteiger partial charge in [0.05, 0.1) is 23.1 Å². The largest absolute Gasteiger partial charge is 0.372 e. The number of rotatable bonds is 2. The van der Waals surface area contributed by atoms with Crippen LogP contribution < -0.4 is 0 Å². The van der Waals surface area contributed by atoms with Gasteiger partial charge in [0, 0.05) is 6.54 Å². The van der Waals surface area contributed by atoms with Gasteiger partial charge in [-0.2, -0.15) is 4.31 Å². The number of fused-ring (bicyclic) bond motifs is 1. The summed E-state index contributed by atoms with van der Waals surface area (Å²) in [6.07, 6.45) is 2.95. The van der Waals surface area contributed by atoms with Crippen LogP contribution in [0.25, 0.3) is 0 Å². The van der Waals surface area contributed by atoms with Crippen molar-refractivity contribution in [1.29, 1.82) is 0 Å². The van der Waals surface area contributed by atoms with Gasteiger partial charge in [0.25, 0.3) is 0 Å². The molecule has 20 heavy (non-hydrogen) atoms. The number of morpholine rings is 1. The lowest BCUT2D eigenvalue weighted by atomic mass is 10.1. The third kappa shape index (κ3) is 2.38. The van der Waals surface area contributed by atoms with Gasteiger partial charge in [0.15, 0.2) is 0 Å². The molecule has 0 radical (unpaired) electrons. The molecule has 1 aliphatic heterocycles. The molecule has 110 valence electrons. The molecule has 3 rings (SSSR count). The van der Waals surface area contributed by atoms with Gasteiger partial charge in [0.2, 0.25) is 10.0 Å². The quantitative estimate of drug-likeness (QED) is 0.841. The van der Waals surface area contributed by atoms with E-state index in [1.54, 1.807) is 16.4 Å². The number of hydrogen-bond donors (Lipinski definition) is 0. The van der Waals surface area contributed by atoms with Crippen molar-refractivity contribution < 1.29 is 13.2 Å². The first-order chi connectivity index (χ1) is 9.48. The van der Waals surface area contributed by atoms with Gasteiger partial charge in [0.1, 0.15) is 0 Å². The zero-order chi connectivity index (χ0) is 14.3. The Balaban J connectivity index is 1.95. The summed E-state index contributed by atoms with van der Waals surface area (Å²) < 4.78 is 33.3. The van der Waals surface area contributed by atoms with Crippen LogP contribution in [0.15, 0.2) is 29.2 Å². The van der Waals surface area contributed by atoms with E-state index >= 15 is 0 Å². The van der Waals surface area contributed by atoms with Crippen LogP contribution in [0.4, 0.5) is 0 Å². The minimum absolute atomic E-state index is 0.0116. The molecule has 1 saturated heterocycles. The normalized spacial score (nSPS) is 31.2. The van der Waals surface area contributed by atoms with Gasteiger partial charge >= 0.3 is 0 Å². The Bertz CT molecular complexity index is 582. The van der Waals surface area contributed by atoms with Crippen LogP contribution in [0.1, 0.15) is 31.7 Å². The molecule has 2 aliphatic rings. The van der Waals surface area contributed by atoms with Crippen molar-refractivity contribution in [3.8, 4) is 0 Å². The smallest absolute Gasteiger partial charge is 0.243 e. The van der Waals surface area contributed by atoms with Crippen molar-refractivity contribution >= 4 is 10.0 Å². The lowest BCUT2D eigenvalue weighted by Gasteiger charge is -2.39. The summed E-state index contributed by atoms with van der Waals surface area (Å²) in [6.45, 7) is 4.36. The number of benzene rings is 1. The minimum Gasteiger partial charge on any atom is -0.372 e. The van der Waals surface area contributed by atoms with E-state index in [4.69, 9.17) is 4.74 Å². The van der Waals surface area contributed by atoms with Crippen LogP contribution >= 0.6 is 0 Å². The van der Waals surface area contributed by atoms with E-state index in [2.05, 4.69) is 0 Å². The van der Waals surface area contributed by atoms with E-state index in [0.717, 1.165) is 24.8 Å². The molecule has 0 amide bonds. The Kier molecular flexibility index (Phi) is 3.60. The number of ether oxygens (including phenoxy) is 1. The molecule has 1 saturated carbocycles. The first-order valence-electron chi connectivity index (χ1n) is 7.22. The van der Waals surface area contributed by atoms with E-state index in [1.165, 1.54) is 0 Å². The Labute approximate surface area is 120 Å². The lowest BCUT2D eigenvalue weighted by molar-refractivity contribution is -0.0728. The van der Waals surface area contributed by atoms with Crippen LogP contribution in [-0.2, 0) is 14.8 Å². The Morgan fingerprint density at radius 3 is 2.60 bits per heavy atom. The molecule has 1 aliphatic carbocycles. The van der Waals surface area contributed by atoms with Gasteiger partial charge in [-0.05, 0) is 45.2 Å². The standard InChI is InChI=1S/C15H21NO3S/c1-11-6-8-13(9-7-11)20(17,18)16-10-12(2)19-15-5-3-4-14(15)16/h6-9,12,14-15H,3-5,10H2,1-2H3/t12-,14-,15+/m1/s1. The molecule has 0 aromatic heterocycles. The zero-order valence-corrected chi connectivity index (χ0v) is 12.8. The molecule has 0 spiro atoms. The van der Waals surface area contributed by atoms with Gasteiger partial charge in [-0.3, -0.25) is 0 Å². The third-order valence-electron chi connectivity index (χ3n) is 4.26. The maximum atomic E-state index is 12.9. The van der Waals surface area contributed by atoms with Crippen molar-refractivity contribution in [3.63, 3.8) is 0 Å². The summed E-state index contributed by atoms with van der Waals surface area (Å²) in [5, 5.41) is 0. The second-order valence-corrected chi connectivity index (χ2v) is 7.76. The zero-order valence-electron chi connectivity index (χ0n) is 12.0. The Morgan fingerprint density at radius 2 is 1.90 bits per heavy atom. The highest BCUT2D eigenvalue weighted by molar-refractivity contribution is 7.89. The van der Waals surface area contributed by atoms with Crippen molar-refractivity contribution in [2.24, 2.45) is 0 Å². The molecule has 0 N–H and O–H groups in total. The van der Waals surface area contributed by atoms with E-state index in [0.29, 0.717) is 11.4 Å². The molecule has 0 unspecified atom stereocenters. The van der Waals surface area contributed by atoms with Crippen molar-refractivity contribution in [3.05, 3.63) is 29.8 Å². The first-order valence-corrected chi connectivity index (χ1v) is 8.66. The summed E-state index contributed by atoms with van der Waals surface area (Å²) in [5.74, 6) is 0. The van der Waals surface area contributed by atoms with Gasteiger partial charge < -0.3 is 4.74 Å². The monoisotopic (exact) mass is 295 g/mol. The molecule has 3 atom stereocenters. The fourth-order valence-corrected chi connectivity index (χ4v) is 5.00. The fourth-order valence-electron chi connectivity index (χ4n) is 3.25. The molecule has 0 bridgehead atoms. The summed E-state index contributed by atoms with van der Waals surface area (Å²) in [5.41, 5.74) is 1.07. The average Bonchev–Trinajstić information content (AvgIpc) is 2.86. The van der Waals surface area contributed by atoms with Crippen molar-refractivity contribution in [1.82, 2.24) is 4.31 Å². The number of sulfonamides is 1. The van der Waals surface area contributed by atoms with E-state index < -0.39 is 10.0 Å². The molecule has 5 heteroatoms. The Hall–Kier alpha value is -0.910. The predicted octanol–water partition coefficient (Wildman–Crippen LogP) is 2.33. The van der Waals surface area contributed by atoms with E-state index in [-0.39, 0.29) is 18.2 Å². The second kappa shape index (κ2) is 5.13. The predicted molar refractivity (Wildman–Crippen MR) is 77.0 cm³/mol. The molecule has 1 aromatic carbocycles. The van der Waals surface area contributed by atoms with Crippen LogP contribution in [0.5, 0.6) is 0 Å². The van der Waals surface area contributed by atoms with E-state index in [9.17, 15) is 8.42 Å². The number of hydrogen-bond acceptors (Lipinski definition) is 3. The second-order valence-electron chi connectivity index (χ2n) is 5.87. The molecule has 1 aromatic rings. The van der Waals surface area contributed by atoms with Crippen molar-refractivity contribution in [2.45, 2.75) is 56.3 Å². The summed E-state index contributed by atoms with van der Waals surface area (Å²) in [7, 11) is -3.41. The topological polar surface area (TPSA) is 46.6 Å². The maximum absolute atomic E-state index is 12.9. The van der Waals surface area contributed by atoms with Crippen LogP contribution in [0.2, 0.25) is 0 Å². The minimum atomic E-state index is -3.41. The highest BCUT2D eigenvalue weighted by Crippen LogP contribution is 2.35. The van der Waals surface area contributed by atoms with Gasteiger partial charge in [-0.1, -0.05) is 17.7 Å². The van der Waals surface area contributed by atoms with Crippen LogP contribution in [0, 0.1) is 6.92 Å². The summed E-state index contributed by atoms with van der Waals surface area (Å²) in [6, 6.07) is 7.12. The lowest BCUT2D eigenvalue weighted by Crippen LogP contribution is -2.53. The number of aryl methyl sites for hydroxylation is 1. The Morgan fingerprint density at radius 1 is 1.20 bits per heavy atom. The van der Waals surface area contributed by atoms with Gasteiger partial charge in [-0.25, -0.2) is 8.42 Å². The fraction of sp³-hybridized carbons (Fsp3) is 0.600. The third-order valence-corrected chi connectivity index (χ3v) is 6.16. The highest BCUT2D eigenvalue weighted by Gasteiger charge is 2.44. The van der Waals surface area contributed by atoms with Crippen LogP contribution in [0.3, 0.4) is 0 Å². The van der Waals surface area contributed by atoms with Crippen LogP contribution in [-0.4, -0.2) is 37.5 Å². The molecular weight excluding hydrogens is 274 g/mol. The highest BCUT2D eigenvalue weighted by atomic mass is 32.2. The first kappa shape index (κ1) is 14.0. The molecule has 2 fully saturated rings. The number of nitrogens with zero attached hydrogens (tertiary/aromatic N) is 1. The average molecular weight is 295 g/mol.